The van der Waals surface area contributed by atoms with Crippen LogP contribution in [0.4, 0.5) is 0 Å². The van der Waals surface area contributed by atoms with Crippen molar-refractivity contribution in [2.45, 2.75) is 73.9 Å². The second-order valence-corrected chi connectivity index (χ2v) is 11.8. The number of nitrogens with zero attached hydrogens (tertiary/aromatic N) is 1. The van der Waals surface area contributed by atoms with Gasteiger partial charge in [0.15, 0.2) is 0 Å². The van der Waals surface area contributed by atoms with Crippen molar-refractivity contribution < 1.29 is 39.7 Å². The molecule has 0 aromatic heterocycles. The SMILES string of the molecule is CCN1C[C@]2(COC)CC[C@H](O)[C@@]34[C@@H]5[C@H](O)[C@H]6[C@H](O)[C@@H]5[C@](O)(C[C@@H]6OC)[C@@](O)([C@@H](OC)[C@H]23)[C@@H]14. The number of aliphatic hydroxyl groups excluding tert-OH is 3. The Morgan fingerprint density at radius 3 is 2.30 bits per heavy atom. The first-order valence-electron chi connectivity index (χ1n) is 12.4. The molecule has 6 fully saturated rings. The first-order valence-corrected chi connectivity index (χ1v) is 12.4. The van der Waals surface area contributed by atoms with Crippen LogP contribution in [0.3, 0.4) is 0 Å². The summed E-state index contributed by atoms with van der Waals surface area (Å²) in [6.07, 6.45) is -2.91. The molecule has 6 rings (SSSR count). The minimum atomic E-state index is -1.75. The van der Waals surface area contributed by atoms with E-state index in [-0.39, 0.29) is 12.3 Å². The lowest BCUT2D eigenvalue weighted by atomic mass is 9.42. The summed E-state index contributed by atoms with van der Waals surface area (Å²) in [6.45, 7) is 3.73. The first-order chi connectivity index (χ1) is 15.7. The van der Waals surface area contributed by atoms with Gasteiger partial charge in [-0.05, 0) is 19.4 Å². The summed E-state index contributed by atoms with van der Waals surface area (Å²) >= 11 is 0. The number of methoxy groups -OCH3 is 3. The highest BCUT2D eigenvalue weighted by Crippen LogP contribution is 2.80. The molecular weight excluding hydrogens is 430 g/mol. The molecule has 188 valence electrons. The highest BCUT2D eigenvalue weighted by Gasteiger charge is 2.92. The Morgan fingerprint density at radius 1 is 1.00 bits per heavy atom. The van der Waals surface area contributed by atoms with Gasteiger partial charge < -0.3 is 39.7 Å². The van der Waals surface area contributed by atoms with Crippen LogP contribution in [0.1, 0.15) is 26.2 Å². The fourth-order valence-corrected chi connectivity index (χ4v) is 10.7. The van der Waals surface area contributed by atoms with Crippen molar-refractivity contribution in [1.82, 2.24) is 4.90 Å². The Morgan fingerprint density at radius 2 is 1.70 bits per heavy atom. The standard InChI is InChI=1S/C24H39NO8/c1-5-25-9-21(10-31-2)7-6-12(26)23-15-14-16(27)13(17(15)28)11(32-3)8-22(14,29)24(30,20(23)25)19(33-4)18(21)23/h11-20,26-30H,5-10H2,1-4H3/t11-,12-,13+,14+,15-,16-,17+,18+,19-,20-,21-,22+,23+,24+/m0/s1. The largest absolute Gasteiger partial charge is 0.392 e. The topological polar surface area (TPSA) is 132 Å². The van der Waals surface area contributed by atoms with Crippen LogP contribution in [0.25, 0.3) is 0 Å². The molecule has 33 heavy (non-hydrogen) atoms. The Balaban J connectivity index is 1.69. The number of rotatable bonds is 5. The van der Waals surface area contributed by atoms with Crippen molar-refractivity contribution in [3.8, 4) is 0 Å². The van der Waals surface area contributed by atoms with Crippen LogP contribution < -0.4 is 0 Å². The van der Waals surface area contributed by atoms with Crippen molar-refractivity contribution in [3.63, 3.8) is 0 Å². The van der Waals surface area contributed by atoms with E-state index in [1.807, 2.05) is 6.92 Å². The predicted molar refractivity (Wildman–Crippen MR) is 115 cm³/mol. The first kappa shape index (κ1) is 23.1. The molecule has 5 aliphatic carbocycles. The molecule has 6 aliphatic rings. The molecule has 14 atom stereocenters. The van der Waals surface area contributed by atoms with E-state index in [1.54, 1.807) is 14.2 Å². The molecular formula is C24H39NO8. The van der Waals surface area contributed by atoms with Gasteiger partial charge in [-0.3, -0.25) is 4.90 Å². The average Bonchev–Trinajstić information content (AvgIpc) is 3.09. The molecule has 9 heteroatoms. The van der Waals surface area contributed by atoms with Gasteiger partial charge in [-0.2, -0.15) is 0 Å². The number of likely N-dealkylation sites (N-methyl/N-ethyl adjacent to an activating group) is 1. The van der Waals surface area contributed by atoms with Crippen molar-refractivity contribution in [2.75, 3.05) is 41.0 Å². The van der Waals surface area contributed by atoms with Gasteiger partial charge in [-0.15, -0.1) is 0 Å². The monoisotopic (exact) mass is 469 g/mol. The van der Waals surface area contributed by atoms with Crippen LogP contribution >= 0.6 is 0 Å². The van der Waals surface area contributed by atoms with Crippen LogP contribution in [0, 0.1) is 34.5 Å². The normalized spacial score (nSPS) is 63.2. The third-order valence-corrected chi connectivity index (χ3v) is 11.3. The van der Waals surface area contributed by atoms with E-state index >= 15 is 0 Å². The Hall–Kier alpha value is -0.360. The van der Waals surface area contributed by atoms with Gasteiger partial charge in [-0.25, -0.2) is 0 Å². The lowest BCUT2D eigenvalue weighted by Crippen LogP contribution is -2.82. The average molecular weight is 470 g/mol. The predicted octanol–water partition coefficient (Wildman–Crippen LogP) is -1.41. The zero-order valence-corrected chi connectivity index (χ0v) is 19.9. The van der Waals surface area contributed by atoms with Gasteiger partial charge in [0, 0.05) is 68.8 Å². The number of likely N-dealkylation sites (tertiary alicyclic amines) is 1. The van der Waals surface area contributed by atoms with E-state index in [2.05, 4.69) is 4.90 Å². The van der Waals surface area contributed by atoms with Crippen molar-refractivity contribution in [1.29, 1.82) is 0 Å². The van der Waals surface area contributed by atoms with E-state index < -0.39 is 76.3 Å². The molecule has 1 saturated heterocycles. The third kappa shape index (κ3) is 2.12. The quantitative estimate of drug-likeness (QED) is 0.329. The minimum Gasteiger partial charge on any atom is -0.392 e. The van der Waals surface area contributed by atoms with E-state index in [0.717, 1.165) is 0 Å². The number of ether oxygens (including phenoxy) is 3. The third-order valence-electron chi connectivity index (χ3n) is 11.3. The summed E-state index contributed by atoms with van der Waals surface area (Å²) in [5.74, 6) is -2.29. The second-order valence-electron chi connectivity index (χ2n) is 11.8. The van der Waals surface area contributed by atoms with E-state index in [9.17, 15) is 25.5 Å². The number of piperidine rings is 1. The maximum Gasteiger partial charge on any atom is 0.136 e. The number of aliphatic hydroxyl groups is 5. The van der Waals surface area contributed by atoms with Crippen LogP contribution in [0.5, 0.6) is 0 Å². The summed E-state index contributed by atoms with van der Waals surface area (Å²) in [5.41, 5.74) is -4.85. The van der Waals surface area contributed by atoms with Crippen LogP contribution in [0.15, 0.2) is 0 Å². The maximum atomic E-state index is 12.8. The van der Waals surface area contributed by atoms with Gasteiger partial charge >= 0.3 is 0 Å². The molecule has 0 radical (unpaired) electrons. The molecule has 5 saturated carbocycles. The smallest absolute Gasteiger partial charge is 0.136 e. The fourth-order valence-electron chi connectivity index (χ4n) is 10.7. The summed E-state index contributed by atoms with van der Waals surface area (Å²) < 4.78 is 17.5. The second kappa shape index (κ2) is 6.89. The molecule has 1 aliphatic heterocycles. The number of fused-ring (bicyclic) bond motifs is 2. The van der Waals surface area contributed by atoms with Crippen molar-refractivity contribution in [3.05, 3.63) is 0 Å². The molecule has 0 aromatic rings. The lowest BCUT2D eigenvalue weighted by Gasteiger charge is -2.69. The summed E-state index contributed by atoms with van der Waals surface area (Å²) in [5, 5.41) is 60.3. The van der Waals surface area contributed by atoms with Gasteiger partial charge in [-0.1, -0.05) is 6.92 Å². The number of hydrogen-bond acceptors (Lipinski definition) is 9. The highest BCUT2D eigenvalue weighted by molar-refractivity contribution is 5.42. The van der Waals surface area contributed by atoms with E-state index in [0.29, 0.717) is 32.5 Å². The van der Waals surface area contributed by atoms with Crippen LogP contribution in [-0.4, -0.2) is 119 Å². The molecule has 0 amide bonds. The van der Waals surface area contributed by atoms with Gasteiger partial charge in [0.1, 0.15) is 11.2 Å². The molecule has 0 unspecified atom stereocenters. The Kier molecular flexibility index (Phi) is 4.82. The van der Waals surface area contributed by atoms with Gasteiger partial charge in [0.2, 0.25) is 0 Å². The molecule has 7 bridgehead atoms. The van der Waals surface area contributed by atoms with Crippen LogP contribution in [0.2, 0.25) is 0 Å². The van der Waals surface area contributed by atoms with Crippen molar-refractivity contribution in [2.24, 2.45) is 34.5 Å². The summed E-state index contributed by atoms with van der Waals surface area (Å²) in [6, 6.07) is -0.618. The van der Waals surface area contributed by atoms with Crippen molar-refractivity contribution >= 4 is 0 Å². The van der Waals surface area contributed by atoms with Gasteiger partial charge in [0.25, 0.3) is 0 Å². The molecule has 9 nitrogen and oxygen atoms in total. The van der Waals surface area contributed by atoms with Gasteiger partial charge in [0.05, 0.1) is 43.2 Å². The highest BCUT2D eigenvalue weighted by atomic mass is 16.5. The summed E-state index contributed by atoms with van der Waals surface area (Å²) in [7, 11) is 4.74. The number of hydrogen-bond donors (Lipinski definition) is 5. The fraction of sp³-hybridized carbons (Fsp3) is 1.00. The zero-order valence-electron chi connectivity index (χ0n) is 19.9. The minimum absolute atomic E-state index is 0.101. The molecule has 1 heterocycles. The maximum absolute atomic E-state index is 12.8. The van der Waals surface area contributed by atoms with E-state index in [4.69, 9.17) is 14.2 Å². The van der Waals surface area contributed by atoms with E-state index in [1.165, 1.54) is 7.11 Å². The lowest BCUT2D eigenvalue weighted by molar-refractivity contribution is -0.319. The Bertz CT molecular complexity index is 830. The summed E-state index contributed by atoms with van der Waals surface area (Å²) in [4.78, 5) is 2.18. The molecule has 5 N–H and O–H groups in total. The Labute approximate surface area is 194 Å². The zero-order chi connectivity index (χ0) is 23.7. The molecule has 1 spiro atoms. The van der Waals surface area contributed by atoms with Crippen LogP contribution in [-0.2, 0) is 14.2 Å². The molecule has 0 aromatic carbocycles.